The standard InChI is InChI=1S/C19H19N3O2S/c1-22-12-14(11-20-22)13-4-5-18-16(9-13)17(6-7-24-18)21-19(23)10-15-3-2-8-25-15/h2-5,8-9,11-12,17H,6-7,10H2,1H3,(H,21,23). The number of rotatable bonds is 4. The van der Waals surface area contributed by atoms with E-state index in [1.165, 1.54) is 0 Å². The monoisotopic (exact) mass is 353 g/mol. The molecule has 1 aliphatic rings. The van der Waals surface area contributed by atoms with Crippen LogP contribution in [0.15, 0.2) is 48.1 Å². The van der Waals surface area contributed by atoms with Crippen molar-refractivity contribution in [2.45, 2.75) is 18.9 Å². The number of hydrogen-bond acceptors (Lipinski definition) is 4. The van der Waals surface area contributed by atoms with Gasteiger partial charge in [0.05, 0.1) is 25.3 Å². The predicted octanol–water partition coefficient (Wildman–Crippen LogP) is 3.33. The minimum absolute atomic E-state index is 0.0205. The third-order valence-corrected chi connectivity index (χ3v) is 5.21. The van der Waals surface area contributed by atoms with Crippen LogP contribution in [0.2, 0.25) is 0 Å². The van der Waals surface area contributed by atoms with Gasteiger partial charge in [-0.2, -0.15) is 5.10 Å². The highest BCUT2D eigenvalue weighted by atomic mass is 32.1. The summed E-state index contributed by atoms with van der Waals surface area (Å²) in [5, 5.41) is 9.39. The number of fused-ring (bicyclic) bond motifs is 1. The minimum Gasteiger partial charge on any atom is -0.493 e. The van der Waals surface area contributed by atoms with Crippen LogP contribution < -0.4 is 10.1 Å². The number of amides is 1. The van der Waals surface area contributed by atoms with Crippen molar-refractivity contribution in [3.8, 4) is 16.9 Å². The molecule has 128 valence electrons. The Morgan fingerprint density at radius 1 is 1.40 bits per heavy atom. The van der Waals surface area contributed by atoms with E-state index in [-0.39, 0.29) is 11.9 Å². The molecule has 0 saturated carbocycles. The molecule has 1 aliphatic heterocycles. The van der Waals surface area contributed by atoms with Crippen molar-refractivity contribution in [3.05, 3.63) is 58.5 Å². The lowest BCUT2D eigenvalue weighted by atomic mass is 9.96. The van der Waals surface area contributed by atoms with Crippen LogP contribution in [-0.4, -0.2) is 22.3 Å². The molecule has 0 bridgehead atoms. The van der Waals surface area contributed by atoms with Gasteiger partial charge in [-0.15, -0.1) is 11.3 Å². The van der Waals surface area contributed by atoms with Crippen LogP contribution in [0.1, 0.15) is 22.9 Å². The summed E-state index contributed by atoms with van der Waals surface area (Å²) in [6.45, 7) is 0.614. The molecule has 1 unspecified atom stereocenters. The van der Waals surface area contributed by atoms with E-state index in [0.29, 0.717) is 13.0 Å². The zero-order valence-electron chi connectivity index (χ0n) is 13.9. The minimum atomic E-state index is -0.0205. The first-order valence-corrected chi connectivity index (χ1v) is 9.14. The molecular weight excluding hydrogens is 334 g/mol. The molecule has 3 heterocycles. The Balaban J connectivity index is 1.56. The third-order valence-electron chi connectivity index (χ3n) is 4.34. The number of carbonyl (C=O) groups excluding carboxylic acids is 1. The Hall–Kier alpha value is -2.60. The molecule has 1 amide bonds. The fourth-order valence-electron chi connectivity index (χ4n) is 3.11. The average molecular weight is 353 g/mol. The first-order chi connectivity index (χ1) is 12.2. The second-order valence-corrected chi connectivity index (χ2v) is 7.20. The van der Waals surface area contributed by atoms with Gasteiger partial charge >= 0.3 is 0 Å². The van der Waals surface area contributed by atoms with E-state index in [0.717, 1.165) is 33.7 Å². The van der Waals surface area contributed by atoms with Crippen molar-refractivity contribution in [2.24, 2.45) is 7.05 Å². The lowest BCUT2D eigenvalue weighted by Crippen LogP contribution is -2.33. The molecule has 0 spiro atoms. The SMILES string of the molecule is Cn1cc(-c2ccc3c(c2)C(NC(=O)Cc2cccs2)CCO3)cn1. The zero-order chi connectivity index (χ0) is 17.2. The predicted molar refractivity (Wildman–Crippen MR) is 97.7 cm³/mol. The van der Waals surface area contributed by atoms with E-state index >= 15 is 0 Å². The summed E-state index contributed by atoms with van der Waals surface area (Å²) in [5.74, 6) is 0.896. The van der Waals surface area contributed by atoms with Crippen LogP contribution in [-0.2, 0) is 18.3 Å². The molecule has 6 heteroatoms. The Morgan fingerprint density at radius 3 is 3.08 bits per heavy atom. The van der Waals surface area contributed by atoms with Gasteiger partial charge in [0, 0.05) is 35.7 Å². The number of benzene rings is 1. The average Bonchev–Trinajstić information content (AvgIpc) is 3.26. The van der Waals surface area contributed by atoms with Crippen molar-refractivity contribution in [3.63, 3.8) is 0 Å². The Kier molecular flexibility index (Phi) is 4.28. The molecule has 0 fully saturated rings. The summed E-state index contributed by atoms with van der Waals surface area (Å²) in [4.78, 5) is 13.5. The highest BCUT2D eigenvalue weighted by Gasteiger charge is 2.24. The van der Waals surface area contributed by atoms with Gasteiger partial charge in [-0.25, -0.2) is 0 Å². The Morgan fingerprint density at radius 2 is 2.32 bits per heavy atom. The lowest BCUT2D eigenvalue weighted by Gasteiger charge is -2.27. The van der Waals surface area contributed by atoms with Gasteiger partial charge in [-0.05, 0) is 29.1 Å². The quantitative estimate of drug-likeness (QED) is 0.783. The third kappa shape index (κ3) is 3.44. The maximum absolute atomic E-state index is 12.4. The van der Waals surface area contributed by atoms with E-state index in [9.17, 15) is 4.79 Å². The van der Waals surface area contributed by atoms with Crippen LogP contribution in [0, 0.1) is 0 Å². The number of ether oxygens (including phenoxy) is 1. The molecule has 2 aromatic heterocycles. The molecule has 0 saturated heterocycles. The molecule has 1 aromatic carbocycles. The van der Waals surface area contributed by atoms with Gasteiger partial charge in [-0.3, -0.25) is 9.48 Å². The molecule has 4 rings (SSSR count). The normalized spacial score (nSPS) is 16.1. The first kappa shape index (κ1) is 15.9. The van der Waals surface area contributed by atoms with Crippen LogP contribution in [0.25, 0.3) is 11.1 Å². The van der Waals surface area contributed by atoms with E-state index < -0.39 is 0 Å². The van der Waals surface area contributed by atoms with Gasteiger partial charge in [0.15, 0.2) is 0 Å². The highest BCUT2D eigenvalue weighted by Crippen LogP contribution is 2.35. The zero-order valence-corrected chi connectivity index (χ0v) is 14.8. The molecule has 1 atom stereocenters. The Labute approximate surface area is 150 Å². The topological polar surface area (TPSA) is 56.2 Å². The lowest BCUT2D eigenvalue weighted by molar-refractivity contribution is -0.121. The van der Waals surface area contributed by atoms with Crippen molar-refractivity contribution < 1.29 is 9.53 Å². The number of aromatic nitrogens is 2. The van der Waals surface area contributed by atoms with Crippen molar-refractivity contribution in [1.82, 2.24) is 15.1 Å². The molecule has 3 aromatic rings. The number of thiophene rings is 1. The van der Waals surface area contributed by atoms with Crippen molar-refractivity contribution >= 4 is 17.2 Å². The van der Waals surface area contributed by atoms with Gasteiger partial charge in [0.2, 0.25) is 5.91 Å². The maximum atomic E-state index is 12.4. The molecule has 5 nitrogen and oxygen atoms in total. The summed E-state index contributed by atoms with van der Waals surface area (Å²) in [7, 11) is 1.90. The number of nitrogens with one attached hydrogen (secondary N) is 1. The number of aryl methyl sites for hydroxylation is 1. The molecule has 0 radical (unpaired) electrons. The number of hydrogen-bond donors (Lipinski definition) is 1. The second kappa shape index (κ2) is 6.72. The second-order valence-electron chi connectivity index (χ2n) is 6.17. The number of carbonyl (C=O) groups is 1. The van der Waals surface area contributed by atoms with Crippen LogP contribution >= 0.6 is 11.3 Å². The number of nitrogens with zero attached hydrogens (tertiary/aromatic N) is 2. The van der Waals surface area contributed by atoms with Gasteiger partial charge in [-0.1, -0.05) is 12.1 Å². The summed E-state index contributed by atoms with van der Waals surface area (Å²) in [6, 6.07) is 10.1. The summed E-state index contributed by atoms with van der Waals surface area (Å²) >= 11 is 1.61. The van der Waals surface area contributed by atoms with E-state index in [2.05, 4.69) is 16.5 Å². The van der Waals surface area contributed by atoms with E-state index in [1.807, 2.05) is 49.1 Å². The highest BCUT2D eigenvalue weighted by molar-refractivity contribution is 7.10. The largest absolute Gasteiger partial charge is 0.493 e. The first-order valence-electron chi connectivity index (χ1n) is 8.26. The van der Waals surface area contributed by atoms with Gasteiger partial charge in [0.25, 0.3) is 0 Å². The smallest absolute Gasteiger partial charge is 0.225 e. The van der Waals surface area contributed by atoms with Crippen LogP contribution in [0.3, 0.4) is 0 Å². The maximum Gasteiger partial charge on any atom is 0.225 e. The van der Waals surface area contributed by atoms with Crippen LogP contribution in [0.4, 0.5) is 0 Å². The molecule has 25 heavy (non-hydrogen) atoms. The van der Waals surface area contributed by atoms with Gasteiger partial charge in [0.1, 0.15) is 5.75 Å². The van der Waals surface area contributed by atoms with Crippen molar-refractivity contribution in [2.75, 3.05) is 6.61 Å². The molecule has 1 N–H and O–H groups in total. The fraction of sp³-hybridized carbons (Fsp3) is 0.263. The van der Waals surface area contributed by atoms with Crippen molar-refractivity contribution in [1.29, 1.82) is 0 Å². The van der Waals surface area contributed by atoms with E-state index in [4.69, 9.17) is 4.74 Å². The summed E-state index contributed by atoms with van der Waals surface area (Å²) in [5.41, 5.74) is 3.17. The molecule has 0 aliphatic carbocycles. The summed E-state index contributed by atoms with van der Waals surface area (Å²) in [6.07, 6.45) is 5.03. The van der Waals surface area contributed by atoms with Crippen LogP contribution in [0.5, 0.6) is 5.75 Å². The molecular formula is C19H19N3O2S. The van der Waals surface area contributed by atoms with Gasteiger partial charge < -0.3 is 10.1 Å². The fourth-order valence-corrected chi connectivity index (χ4v) is 3.81. The summed E-state index contributed by atoms with van der Waals surface area (Å²) < 4.78 is 7.55. The van der Waals surface area contributed by atoms with E-state index in [1.54, 1.807) is 16.0 Å². The Bertz CT molecular complexity index is 886.